The highest BCUT2D eigenvalue weighted by atomic mass is 31.2. The van der Waals surface area contributed by atoms with E-state index in [1.165, 1.54) is 167 Å². The van der Waals surface area contributed by atoms with E-state index in [4.69, 9.17) is 13.8 Å². The Kier molecular flexibility index (Phi) is 53.9. The van der Waals surface area contributed by atoms with Crippen molar-refractivity contribution < 1.29 is 37.3 Å². The first kappa shape index (κ1) is 73.5. The molecule has 0 saturated heterocycles. The van der Waals surface area contributed by atoms with Gasteiger partial charge in [-0.15, -0.1) is 0 Å². The van der Waals surface area contributed by atoms with Gasteiger partial charge in [0.05, 0.1) is 33.8 Å². The summed E-state index contributed by atoms with van der Waals surface area (Å²) in [6.07, 6.45) is 71.6. The second-order valence-electron chi connectivity index (χ2n) is 22.6. The van der Waals surface area contributed by atoms with Crippen molar-refractivity contribution in [2.75, 3.05) is 40.9 Å². The van der Waals surface area contributed by atoms with Crippen molar-refractivity contribution in [3.8, 4) is 0 Å². The maximum Gasteiger partial charge on any atom is 0.306 e. The fourth-order valence-electron chi connectivity index (χ4n) is 9.02. The van der Waals surface area contributed by atoms with Crippen LogP contribution in [0.5, 0.6) is 0 Å². The molecule has 0 radical (unpaired) electrons. The van der Waals surface area contributed by atoms with E-state index < -0.39 is 26.6 Å². The Balaban J connectivity index is 5.16. The van der Waals surface area contributed by atoms with Crippen LogP contribution in [0.3, 0.4) is 0 Å². The van der Waals surface area contributed by atoms with Gasteiger partial charge in [-0.25, -0.2) is 0 Å². The largest absolute Gasteiger partial charge is 0.756 e. The van der Waals surface area contributed by atoms with Gasteiger partial charge in [0.1, 0.15) is 19.3 Å². The average Bonchev–Trinajstić information content (AvgIpc) is 3.38. The predicted octanol–water partition coefficient (Wildman–Crippen LogP) is 19.0. The molecule has 3 unspecified atom stereocenters. The maximum atomic E-state index is 13.5. The highest BCUT2D eigenvalue weighted by Crippen LogP contribution is 2.38. The van der Waals surface area contributed by atoms with Crippen LogP contribution in [0.4, 0.5) is 0 Å². The summed E-state index contributed by atoms with van der Waals surface area (Å²) in [4.78, 5) is 40.0. The zero-order valence-electron chi connectivity index (χ0n) is 50.4. The molecular weight excluding hydrogens is 964 g/mol. The molecule has 0 aliphatic rings. The number of amides is 1. The van der Waals surface area contributed by atoms with Gasteiger partial charge in [-0.05, 0) is 83.1 Å². The SMILES string of the molecule is CC/C=C/C=C/C=C/CCCCCCCCCC(=O)NC(COP(=O)([O-])OCC[N+](C)(C)C)C(/C=C\CCCCCCCCCCCC)OC(=O)CCCCCCCCCCCCCCC/C=C\C/C=C\CCCCC. The van der Waals surface area contributed by atoms with Crippen molar-refractivity contribution in [2.24, 2.45) is 0 Å². The van der Waals surface area contributed by atoms with Gasteiger partial charge < -0.3 is 28.5 Å². The van der Waals surface area contributed by atoms with E-state index in [-0.39, 0.29) is 24.9 Å². The van der Waals surface area contributed by atoms with Crippen molar-refractivity contribution in [1.82, 2.24) is 5.32 Å². The molecule has 0 aliphatic carbocycles. The van der Waals surface area contributed by atoms with Crippen LogP contribution >= 0.6 is 7.82 Å². The van der Waals surface area contributed by atoms with Crippen LogP contribution in [0, 0.1) is 0 Å². The van der Waals surface area contributed by atoms with Crippen LogP contribution in [0.1, 0.15) is 284 Å². The molecule has 10 heteroatoms. The Morgan fingerprint density at radius 3 is 1.38 bits per heavy atom. The molecule has 0 fully saturated rings. The minimum Gasteiger partial charge on any atom is -0.756 e. The first-order valence-corrected chi connectivity index (χ1v) is 33.2. The fourth-order valence-corrected chi connectivity index (χ4v) is 9.75. The number of phosphoric ester groups is 1. The summed E-state index contributed by atoms with van der Waals surface area (Å²) >= 11 is 0. The van der Waals surface area contributed by atoms with Crippen molar-refractivity contribution in [2.45, 2.75) is 296 Å². The molecule has 0 saturated carbocycles. The fraction of sp³-hybridized carbons (Fsp3) is 0.788. The Morgan fingerprint density at radius 1 is 0.487 bits per heavy atom. The number of rotatable bonds is 57. The standard InChI is InChI=1S/C66H121N2O7P/c1-7-10-13-16-19-22-25-28-30-31-32-33-34-35-36-37-39-41-44-47-50-53-56-59-66(70)75-64(57-54-51-48-45-42-27-24-21-18-15-12-9-3)63(62-74-76(71,72)73-61-60-68(4,5)6)67-65(69)58-55-52-49-46-43-40-38-29-26-23-20-17-14-11-8-2/h11,14,17,19-20,22-23,26,28,30,54,57,63-64H,7-10,12-13,15-16,18,21,24-25,27,29,31-53,55-56,58-62H2,1-6H3,(H-,67,69,71,72)/b14-11+,20-17+,22-19-,26-23+,30-28-,57-54-. The number of nitrogens with zero attached hydrogens (tertiary/aromatic N) is 1. The molecule has 9 nitrogen and oxygen atoms in total. The lowest BCUT2D eigenvalue weighted by molar-refractivity contribution is -0.870. The first-order valence-electron chi connectivity index (χ1n) is 31.8. The summed E-state index contributed by atoms with van der Waals surface area (Å²) in [5.74, 6) is -0.552. The number of esters is 1. The smallest absolute Gasteiger partial charge is 0.306 e. The number of hydrogen-bond donors (Lipinski definition) is 1. The number of likely N-dealkylation sites (N-methyl/N-ethyl adjacent to an activating group) is 1. The normalized spacial score (nSPS) is 14.1. The third-order valence-corrected chi connectivity index (χ3v) is 14.9. The molecule has 0 aromatic heterocycles. The van der Waals surface area contributed by atoms with E-state index >= 15 is 0 Å². The van der Waals surface area contributed by atoms with E-state index in [1.807, 2.05) is 33.3 Å². The summed E-state index contributed by atoms with van der Waals surface area (Å²) in [6, 6.07) is -0.896. The number of carbonyl (C=O) groups excluding carboxylic acids is 2. The zero-order chi connectivity index (χ0) is 55.7. The first-order chi connectivity index (χ1) is 36.9. The lowest BCUT2D eigenvalue weighted by Gasteiger charge is -2.30. The molecule has 76 heavy (non-hydrogen) atoms. The third-order valence-electron chi connectivity index (χ3n) is 13.9. The van der Waals surface area contributed by atoms with Crippen molar-refractivity contribution >= 4 is 19.7 Å². The van der Waals surface area contributed by atoms with Crippen LogP contribution in [-0.4, -0.2) is 69.4 Å². The van der Waals surface area contributed by atoms with Gasteiger partial charge in [-0.1, -0.05) is 261 Å². The number of hydrogen-bond acceptors (Lipinski definition) is 7. The Labute approximate surface area is 470 Å². The summed E-state index contributed by atoms with van der Waals surface area (Å²) in [5, 5.41) is 3.02. The van der Waals surface area contributed by atoms with E-state index in [9.17, 15) is 19.0 Å². The number of carbonyl (C=O) groups is 2. The zero-order valence-corrected chi connectivity index (χ0v) is 51.3. The minimum atomic E-state index is -4.70. The summed E-state index contributed by atoms with van der Waals surface area (Å²) in [6.45, 7) is 6.69. The molecular formula is C66H121N2O7P. The van der Waals surface area contributed by atoms with Crippen LogP contribution in [0.25, 0.3) is 0 Å². The van der Waals surface area contributed by atoms with E-state index in [2.05, 4.69) is 86.8 Å². The summed E-state index contributed by atoms with van der Waals surface area (Å²) in [7, 11) is 1.17. The van der Waals surface area contributed by atoms with Gasteiger partial charge in [0.15, 0.2) is 0 Å². The number of nitrogens with one attached hydrogen (secondary N) is 1. The summed E-state index contributed by atoms with van der Waals surface area (Å²) in [5.41, 5.74) is 0. The Hall–Kier alpha value is -2.55. The van der Waals surface area contributed by atoms with Crippen LogP contribution < -0.4 is 10.2 Å². The lowest BCUT2D eigenvalue weighted by Crippen LogP contribution is -2.47. The van der Waals surface area contributed by atoms with Crippen molar-refractivity contribution in [1.29, 1.82) is 0 Å². The van der Waals surface area contributed by atoms with Gasteiger partial charge in [-0.3, -0.25) is 14.2 Å². The number of unbranched alkanes of at least 4 members (excludes halogenated alkanes) is 33. The van der Waals surface area contributed by atoms with Crippen molar-refractivity contribution in [3.05, 3.63) is 72.9 Å². The molecule has 0 aliphatic heterocycles. The van der Waals surface area contributed by atoms with Gasteiger partial charge in [0, 0.05) is 12.8 Å². The van der Waals surface area contributed by atoms with Gasteiger partial charge in [0.25, 0.3) is 7.82 Å². The third kappa shape index (κ3) is 56.2. The van der Waals surface area contributed by atoms with Crippen LogP contribution in [0.15, 0.2) is 72.9 Å². The molecule has 1 amide bonds. The maximum absolute atomic E-state index is 13.5. The van der Waals surface area contributed by atoms with Crippen LogP contribution in [-0.2, 0) is 27.9 Å². The summed E-state index contributed by atoms with van der Waals surface area (Å²) < 4.78 is 30.3. The molecule has 0 heterocycles. The van der Waals surface area contributed by atoms with E-state index in [1.54, 1.807) is 0 Å². The molecule has 3 atom stereocenters. The molecule has 1 N–H and O–H groups in total. The second kappa shape index (κ2) is 55.8. The van der Waals surface area contributed by atoms with E-state index in [0.717, 1.165) is 83.5 Å². The highest BCUT2D eigenvalue weighted by Gasteiger charge is 2.27. The molecule has 0 aromatic rings. The molecule has 0 rings (SSSR count). The van der Waals surface area contributed by atoms with Crippen LogP contribution in [0.2, 0.25) is 0 Å². The number of phosphoric acid groups is 1. The lowest BCUT2D eigenvalue weighted by atomic mass is 10.0. The number of allylic oxidation sites excluding steroid dienone is 11. The quantitative estimate of drug-likeness (QED) is 0.0161. The minimum absolute atomic E-state index is 0.0267. The monoisotopic (exact) mass is 1080 g/mol. The van der Waals surface area contributed by atoms with Gasteiger partial charge >= 0.3 is 5.97 Å². The molecule has 0 spiro atoms. The average molecular weight is 1090 g/mol. The molecule has 0 aromatic carbocycles. The second-order valence-corrected chi connectivity index (χ2v) is 24.0. The Morgan fingerprint density at radius 2 is 0.895 bits per heavy atom. The molecule has 442 valence electrons. The highest BCUT2D eigenvalue weighted by molar-refractivity contribution is 7.45. The van der Waals surface area contributed by atoms with E-state index in [0.29, 0.717) is 17.4 Å². The Bertz CT molecular complexity index is 1530. The number of ether oxygens (including phenoxy) is 1. The molecule has 0 bridgehead atoms. The van der Waals surface area contributed by atoms with Crippen molar-refractivity contribution in [3.63, 3.8) is 0 Å². The van der Waals surface area contributed by atoms with Gasteiger partial charge in [-0.2, -0.15) is 0 Å². The topological polar surface area (TPSA) is 114 Å². The predicted molar refractivity (Wildman–Crippen MR) is 325 cm³/mol. The number of quaternary nitrogens is 1. The van der Waals surface area contributed by atoms with Gasteiger partial charge in [0.2, 0.25) is 5.91 Å².